The minimum atomic E-state index is -0.735. The number of aryl methyl sites for hydroxylation is 2. The zero-order chi connectivity index (χ0) is 25.8. The molecule has 190 valence electrons. The molecule has 1 heterocycles. The van der Waals surface area contributed by atoms with E-state index in [2.05, 4.69) is 5.32 Å². The first kappa shape index (κ1) is 25.5. The molecule has 7 heteroatoms. The third-order valence-electron chi connectivity index (χ3n) is 7.31. The Kier molecular flexibility index (Phi) is 7.77. The first-order chi connectivity index (χ1) is 17.2. The van der Waals surface area contributed by atoms with Gasteiger partial charge in [-0.3, -0.25) is 9.59 Å². The van der Waals surface area contributed by atoms with Crippen LogP contribution in [-0.4, -0.2) is 29.6 Å². The summed E-state index contributed by atoms with van der Waals surface area (Å²) in [6.07, 6.45) is 2.65. The molecule has 0 unspecified atom stereocenters. The molecule has 36 heavy (non-hydrogen) atoms. The number of hydrogen-bond acceptors (Lipinski definition) is 5. The van der Waals surface area contributed by atoms with E-state index in [1.54, 1.807) is 6.92 Å². The van der Waals surface area contributed by atoms with Crippen molar-refractivity contribution in [3.8, 4) is 5.75 Å². The Morgan fingerprint density at radius 1 is 1.06 bits per heavy atom. The molecule has 2 aromatic carbocycles. The summed E-state index contributed by atoms with van der Waals surface area (Å²) < 4.78 is 11.7. The van der Waals surface area contributed by atoms with Crippen molar-refractivity contribution in [1.29, 1.82) is 0 Å². The molecule has 0 aliphatic heterocycles. The highest BCUT2D eigenvalue weighted by atomic mass is 16.5. The van der Waals surface area contributed by atoms with Crippen LogP contribution >= 0.6 is 0 Å². The van der Waals surface area contributed by atoms with E-state index in [1.807, 2.05) is 56.3 Å². The van der Waals surface area contributed by atoms with Gasteiger partial charge in [-0.1, -0.05) is 30.3 Å². The Morgan fingerprint density at radius 2 is 1.75 bits per heavy atom. The molecule has 1 aromatic heterocycles. The zero-order valence-corrected chi connectivity index (χ0v) is 21.0. The van der Waals surface area contributed by atoms with E-state index in [0.717, 1.165) is 29.4 Å². The van der Waals surface area contributed by atoms with Crippen molar-refractivity contribution in [3.05, 3.63) is 75.1 Å². The molecule has 0 saturated heterocycles. The number of benzene rings is 2. The number of hydrogen-bond donors (Lipinski definition) is 2. The standard InChI is InChI=1S/C29H33NO6/c1-17-23-13-14-25(18(2)26(23)36-29(34)24(17)15-20-7-5-4-6-8-20)35-19(3)27(31)30-16-21-9-11-22(12-10-21)28(32)33/h4-8,13-14,19,21-22H,9-12,15-16H2,1-3H3,(H,30,31)(H,32,33)/t19-,21?,22?/m1/s1. The van der Waals surface area contributed by atoms with E-state index in [1.165, 1.54) is 0 Å². The maximum absolute atomic E-state index is 12.8. The topological polar surface area (TPSA) is 106 Å². The Hall–Kier alpha value is -3.61. The zero-order valence-electron chi connectivity index (χ0n) is 21.0. The van der Waals surface area contributed by atoms with Crippen molar-refractivity contribution < 1.29 is 23.8 Å². The summed E-state index contributed by atoms with van der Waals surface area (Å²) in [5, 5.41) is 12.9. The van der Waals surface area contributed by atoms with Gasteiger partial charge in [-0.05, 0) is 75.6 Å². The van der Waals surface area contributed by atoms with Crippen molar-refractivity contribution in [1.82, 2.24) is 5.32 Å². The second-order valence-corrected chi connectivity index (χ2v) is 9.78. The van der Waals surface area contributed by atoms with Gasteiger partial charge in [0.1, 0.15) is 11.3 Å². The molecule has 1 atom stereocenters. The van der Waals surface area contributed by atoms with Crippen LogP contribution < -0.4 is 15.7 Å². The number of rotatable bonds is 8. The van der Waals surface area contributed by atoms with Crippen LogP contribution in [0.2, 0.25) is 0 Å². The average Bonchev–Trinajstić information content (AvgIpc) is 2.87. The normalized spacial score (nSPS) is 18.5. The quantitative estimate of drug-likeness (QED) is 0.440. The molecule has 7 nitrogen and oxygen atoms in total. The number of ether oxygens (including phenoxy) is 1. The maximum Gasteiger partial charge on any atom is 0.340 e. The molecule has 4 rings (SSSR count). The van der Waals surface area contributed by atoms with Gasteiger partial charge in [0.25, 0.3) is 5.91 Å². The van der Waals surface area contributed by atoms with Gasteiger partial charge >= 0.3 is 11.6 Å². The summed E-state index contributed by atoms with van der Waals surface area (Å²) in [6, 6.07) is 13.5. The lowest BCUT2D eigenvalue weighted by molar-refractivity contribution is -0.143. The fourth-order valence-corrected chi connectivity index (χ4v) is 4.95. The van der Waals surface area contributed by atoms with Crippen LogP contribution in [0.25, 0.3) is 11.0 Å². The number of amides is 1. The third kappa shape index (κ3) is 5.61. The highest BCUT2D eigenvalue weighted by molar-refractivity contribution is 5.86. The smallest absolute Gasteiger partial charge is 0.340 e. The van der Waals surface area contributed by atoms with E-state index in [0.29, 0.717) is 48.3 Å². The first-order valence-electron chi connectivity index (χ1n) is 12.5. The summed E-state index contributed by atoms with van der Waals surface area (Å²) in [6.45, 7) is 5.94. The van der Waals surface area contributed by atoms with Crippen LogP contribution in [-0.2, 0) is 16.0 Å². The fourth-order valence-electron chi connectivity index (χ4n) is 4.95. The van der Waals surface area contributed by atoms with Crippen molar-refractivity contribution in [2.45, 2.75) is 59.0 Å². The minimum Gasteiger partial charge on any atom is -0.481 e. The van der Waals surface area contributed by atoms with Gasteiger partial charge in [0, 0.05) is 29.5 Å². The highest BCUT2D eigenvalue weighted by Crippen LogP contribution is 2.31. The summed E-state index contributed by atoms with van der Waals surface area (Å²) >= 11 is 0. The first-order valence-corrected chi connectivity index (χ1v) is 12.5. The van der Waals surface area contributed by atoms with Gasteiger partial charge < -0.3 is 19.6 Å². The van der Waals surface area contributed by atoms with Crippen molar-refractivity contribution in [2.24, 2.45) is 11.8 Å². The molecule has 0 spiro atoms. The molecule has 1 aliphatic carbocycles. The summed E-state index contributed by atoms with van der Waals surface area (Å²) in [7, 11) is 0. The number of carbonyl (C=O) groups excluding carboxylic acids is 1. The van der Waals surface area contributed by atoms with Gasteiger partial charge in [0.15, 0.2) is 6.10 Å². The maximum atomic E-state index is 12.8. The minimum absolute atomic E-state index is 0.231. The Morgan fingerprint density at radius 3 is 2.42 bits per heavy atom. The summed E-state index contributed by atoms with van der Waals surface area (Å²) in [5.74, 6) is -0.463. The number of fused-ring (bicyclic) bond motifs is 1. The second-order valence-electron chi connectivity index (χ2n) is 9.78. The number of carboxylic acid groups (broad SMARTS) is 1. The molecule has 1 aliphatic rings. The predicted molar refractivity (Wildman–Crippen MR) is 137 cm³/mol. The number of nitrogens with one attached hydrogen (secondary N) is 1. The average molecular weight is 492 g/mol. The van der Waals surface area contributed by atoms with Crippen LogP contribution in [0.4, 0.5) is 0 Å². The van der Waals surface area contributed by atoms with E-state index in [4.69, 9.17) is 14.3 Å². The van der Waals surface area contributed by atoms with Crippen LogP contribution in [0, 0.1) is 25.7 Å². The molecule has 1 fully saturated rings. The van der Waals surface area contributed by atoms with Crippen molar-refractivity contribution in [2.75, 3.05) is 6.54 Å². The lowest BCUT2D eigenvalue weighted by Gasteiger charge is -2.26. The van der Waals surface area contributed by atoms with Gasteiger partial charge in [-0.15, -0.1) is 0 Å². The molecule has 0 bridgehead atoms. The molecule has 1 amide bonds. The number of carboxylic acids is 1. The fraction of sp³-hybridized carbons (Fsp3) is 0.414. The van der Waals surface area contributed by atoms with Gasteiger partial charge in [0.2, 0.25) is 0 Å². The van der Waals surface area contributed by atoms with Gasteiger partial charge in [0.05, 0.1) is 5.92 Å². The van der Waals surface area contributed by atoms with Crippen molar-refractivity contribution in [3.63, 3.8) is 0 Å². The lowest BCUT2D eigenvalue weighted by atomic mass is 9.82. The summed E-state index contributed by atoms with van der Waals surface area (Å²) in [5.41, 5.74) is 3.32. The molecule has 1 saturated carbocycles. The summed E-state index contributed by atoms with van der Waals surface area (Å²) in [4.78, 5) is 36.6. The number of carbonyl (C=O) groups is 2. The molecule has 0 radical (unpaired) electrons. The van der Waals surface area contributed by atoms with E-state index >= 15 is 0 Å². The SMILES string of the molecule is Cc1c(Cc2ccccc2)c(=O)oc2c(C)c(O[C@H](C)C(=O)NCC3CCC(C(=O)O)CC3)ccc12. The van der Waals surface area contributed by atoms with E-state index < -0.39 is 12.1 Å². The number of aliphatic carboxylic acids is 1. The monoisotopic (exact) mass is 491 g/mol. The van der Waals surface area contributed by atoms with E-state index in [-0.39, 0.29) is 23.4 Å². The predicted octanol–water partition coefficient (Wildman–Crippen LogP) is 4.78. The van der Waals surface area contributed by atoms with Crippen LogP contribution in [0.3, 0.4) is 0 Å². The van der Waals surface area contributed by atoms with Gasteiger partial charge in [-0.25, -0.2) is 4.79 Å². The Balaban J connectivity index is 1.43. The Labute approximate surface area is 210 Å². The third-order valence-corrected chi connectivity index (χ3v) is 7.31. The largest absolute Gasteiger partial charge is 0.481 e. The van der Waals surface area contributed by atoms with Crippen LogP contribution in [0.5, 0.6) is 5.75 Å². The van der Waals surface area contributed by atoms with Gasteiger partial charge in [-0.2, -0.15) is 0 Å². The van der Waals surface area contributed by atoms with Crippen molar-refractivity contribution >= 4 is 22.8 Å². The van der Waals surface area contributed by atoms with E-state index in [9.17, 15) is 14.4 Å². The molecular formula is C29H33NO6. The molecule has 2 N–H and O–H groups in total. The second kappa shape index (κ2) is 11.0. The van der Waals surface area contributed by atoms with Crippen LogP contribution in [0.15, 0.2) is 51.7 Å². The Bertz CT molecular complexity index is 1300. The highest BCUT2D eigenvalue weighted by Gasteiger charge is 2.27. The lowest BCUT2D eigenvalue weighted by Crippen LogP contribution is -2.39. The molecule has 3 aromatic rings. The van der Waals surface area contributed by atoms with Crippen LogP contribution in [0.1, 0.15) is 54.9 Å². The molecular weight excluding hydrogens is 458 g/mol.